The van der Waals surface area contributed by atoms with Crippen LogP contribution in [0.2, 0.25) is 5.02 Å². The van der Waals surface area contributed by atoms with Gasteiger partial charge in [-0.05, 0) is 28.1 Å². The molecule has 2 nitrogen and oxygen atoms in total. The highest BCUT2D eigenvalue weighted by Crippen LogP contribution is 2.32. The van der Waals surface area contributed by atoms with Gasteiger partial charge in [-0.25, -0.2) is 4.39 Å². The summed E-state index contributed by atoms with van der Waals surface area (Å²) in [5.41, 5.74) is 0.723. The molecule has 1 aliphatic heterocycles. The molecule has 0 saturated carbocycles. The molecule has 5 heteroatoms. The van der Waals surface area contributed by atoms with Crippen molar-refractivity contribution in [2.24, 2.45) is 0 Å². The molecular weight excluding hydrogens is 272 g/mol. The third kappa shape index (κ3) is 2.02. The summed E-state index contributed by atoms with van der Waals surface area (Å²) in [5, 5.41) is 3.55. The molecule has 0 aromatic heterocycles. The van der Waals surface area contributed by atoms with Crippen LogP contribution in [-0.4, -0.2) is 19.3 Å². The van der Waals surface area contributed by atoms with E-state index in [2.05, 4.69) is 21.2 Å². The average Bonchev–Trinajstić information content (AvgIpc) is 1.98. The van der Waals surface area contributed by atoms with Gasteiger partial charge in [-0.2, -0.15) is 0 Å². The summed E-state index contributed by atoms with van der Waals surface area (Å²) in [6.07, 6.45) is 0. The number of hydrogen-bond acceptors (Lipinski definition) is 2. The SMILES string of the molecule is Fc1cc(Cl)c(NC2COC2)c(Br)c1. The van der Waals surface area contributed by atoms with Crippen LogP contribution >= 0.6 is 27.5 Å². The Labute approximate surface area is 94.5 Å². The van der Waals surface area contributed by atoms with Gasteiger partial charge in [-0.15, -0.1) is 0 Å². The number of hydrogen-bond donors (Lipinski definition) is 1. The number of rotatable bonds is 2. The van der Waals surface area contributed by atoms with Gasteiger partial charge >= 0.3 is 0 Å². The van der Waals surface area contributed by atoms with E-state index in [9.17, 15) is 4.39 Å². The van der Waals surface area contributed by atoms with E-state index in [1.165, 1.54) is 12.1 Å². The van der Waals surface area contributed by atoms with Crippen molar-refractivity contribution in [2.75, 3.05) is 18.5 Å². The molecule has 0 spiro atoms. The number of benzene rings is 1. The molecule has 1 N–H and O–H groups in total. The average molecular weight is 281 g/mol. The first-order chi connectivity index (χ1) is 6.66. The number of nitrogens with one attached hydrogen (secondary N) is 1. The zero-order chi connectivity index (χ0) is 10.1. The Morgan fingerprint density at radius 1 is 1.50 bits per heavy atom. The monoisotopic (exact) mass is 279 g/mol. The molecule has 0 radical (unpaired) electrons. The maximum absolute atomic E-state index is 12.9. The molecule has 76 valence electrons. The second-order valence-electron chi connectivity index (χ2n) is 3.12. The quantitative estimate of drug-likeness (QED) is 0.899. The predicted octanol–water partition coefficient (Wildman–Crippen LogP) is 3.05. The molecule has 0 bridgehead atoms. The van der Waals surface area contributed by atoms with Crippen LogP contribution in [-0.2, 0) is 4.74 Å². The molecule has 1 aromatic carbocycles. The Kier molecular flexibility index (Phi) is 2.95. The minimum absolute atomic E-state index is 0.272. The summed E-state index contributed by atoms with van der Waals surface area (Å²) in [5.74, 6) is -0.350. The maximum atomic E-state index is 12.9. The zero-order valence-corrected chi connectivity index (χ0v) is 9.53. The lowest BCUT2D eigenvalue weighted by Crippen LogP contribution is -2.40. The fourth-order valence-corrected chi connectivity index (χ4v) is 2.12. The fourth-order valence-electron chi connectivity index (χ4n) is 1.20. The summed E-state index contributed by atoms with van der Waals surface area (Å²) in [6, 6.07) is 2.94. The van der Waals surface area contributed by atoms with E-state index in [1.807, 2.05) is 0 Å². The maximum Gasteiger partial charge on any atom is 0.125 e. The summed E-state index contributed by atoms with van der Waals surface area (Å²) in [4.78, 5) is 0. The van der Waals surface area contributed by atoms with E-state index in [4.69, 9.17) is 16.3 Å². The van der Waals surface area contributed by atoms with Gasteiger partial charge in [0.2, 0.25) is 0 Å². The lowest BCUT2D eigenvalue weighted by Gasteiger charge is -2.28. The van der Waals surface area contributed by atoms with Crippen LogP contribution < -0.4 is 5.32 Å². The van der Waals surface area contributed by atoms with E-state index in [-0.39, 0.29) is 11.9 Å². The first kappa shape index (κ1) is 10.2. The number of ether oxygens (including phenoxy) is 1. The molecule has 1 aromatic rings. The van der Waals surface area contributed by atoms with E-state index in [1.54, 1.807) is 0 Å². The van der Waals surface area contributed by atoms with Gasteiger partial charge in [0.25, 0.3) is 0 Å². The first-order valence-corrected chi connectivity index (χ1v) is 5.33. The minimum atomic E-state index is -0.350. The van der Waals surface area contributed by atoms with Gasteiger partial charge in [-0.3, -0.25) is 0 Å². The Balaban J connectivity index is 2.22. The third-order valence-electron chi connectivity index (χ3n) is 1.99. The van der Waals surface area contributed by atoms with Crippen LogP contribution in [0.5, 0.6) is 0 Å². The summed E-state index contributed by atoms with van der Waals surface area (Å²) >= 11 is 9.14. The second kappa shape index (κ2) is 4.04. The minimum Gasteiger partial charge on any atom is -0.377 e. The van der Waals surface area contributed by atoms with E-state index < -0.39 is 0 Å². The molecular formula is C9H8BrClFNO. The second-order valence-corrected chi connectivity index (χ2v) is 4.38. The van der Waals surface area contributed by atoms with E-state index in [0.29, 0.717) is 22.7 Å². The first-order valence-electron chi connectivity index (χ1n) is 4.15. The van der Waals surface area contributed by atoms with Crippen molar-refractivity contribution in [1.29, 1.82) is 0 Å². The fraction of sp³-hybridized carbons (Fsp3) is 0.333. The van der Waals surface area contributed by atoms with Gasteiger partial charge in [0.15, 0.2) is 0 Å². The molecule has 0 atom stereocenters. The molecule has 2 rings (SSSR count). The molecule has 14 heavy (non-hydrogen) atoms. The van der Waals surface area contributed by atoms with Crippen molar-refractivity contribution in [3.05, 3.63) is 27.4 Å². The molecule has 0 unspecified atom stereocenters. The van der Waals surface area contributed by atoms with Crippen LogP contribution in [0.4, 0.5) is 10.1 Å². The van der Waals surface area contributed by atoms with Gasteiger partial charge in [0.1, 0.15) is 5.82 Å². The van der Waals surface area contributed by atoms with Gasteiger partial charge in [-0.1, -0.05) is 11.6 Å². The smallest absolute Gasteiger partial charge is 0.125 e. The number of halogens is 3. The van der Waals surface area contributed by atoms with E-state index >= 15 is 0 Å². The Hall–Kier alpha value is -0.320. The standard InChI is InChI=1S/C9H8BrClFNO/c10-7-1-5(12)2-8(11)9(7)13-6-3-14-4-6/h1-2,6,13H,3-4H2. The molecule has 0 aliphatic carbocycles. The van der Waals surface area contributed by atoms with Crippen LogP contribution in [0.3, 0.4) is 0 Å². The van der Waals surface area contributed by atoms with Crippen LogP contribution in [0.1, 0.15) is 0 Å². The van der Waals surface area contributed by atoms with Crippen molar-refractivity contribution in [2.45, 2.75) is 6.04 Å². The predicted molar refractivity (Wildman–Crippen MR) is 57.3 cm³/mol. The van der Waals surface area contributed by atoms with Gasteiger partial charge in [0, 0.05) is 4.47 Å². The third-order valence-corrected chi connectivity index (χ3v) is 2.92. The van der Waals surface area contributed by atoms with Gasteiger partial charge in [0.05, 0.1) is 30.0 Å². The summed E-state index contributed by atoms with van der Waals surface area (Å²) in [6.45, 7) is 1.33. The Bertz CT molecular complexity index is 334. The highest BCUT2D eigenvalue weighted by Gasteiger charge is 2.20. The lowest BCUT2D eigenvalue weighted by molar-refractivity contribution is 0.0211. The normalized spacial score (nSPS) is 16.5. The topological polar surface area (TPSA) is 21.3 Å². The number of anilines is 1. The van der Waals surface area contributed by atoms with E-state index in [0.717, 1.165) is 5.69 Å². The van der Waals surface area contributed by atoms with Crippen LogP contribution in [0, 0.1) is 5.82 Å². The Morgan fingerprint density at radius 3 is 2.71 bits per heavy atom. The summed E-state index contributed by atoms with van der Waals surface area (Å²) in [7, 11) is 0. The molecule has 1 fully saturated rings. The van der Waals surface area contributed by atoms with Crippen molar-refractivity contribution in [3.8, 4) is 0 Å². The van der Waals surface area contributed by atoms with Crippen LogP contribution in [0.15, 0.2) is 16.6 Å². The molecule has 1 aliphatic rings. The highest BCUT2D eigenvalue weighted by atomic mass is 79.9. The molecule has 0 amide bonds. The van der Waals surface area contributed by atoms with Crippen molar-refractivity contribution >= 4 is 33.2 Å². The zero-order valence-electron chi connectivity index (χ0n) is 7.19. The van der Waals surface area contributed by atoms with Gasteiger partial charge < -0.3 is 10.1 Å². The molecule has 1 heterocycles. The summed E-state index contributed by atoms with van der Waals surface area (Å²) < 4.78 is 18.5. The lowest BCUT2D eigenvalue weighted by atomic mass is 10.2. The highest BCUT2D eigenvalue weighted by molar-refractivity contribution is 9.10. The van der Waals surface area contributed by atoms with Crippen molar-refractivity contribution in [3.63, 3.8) is 0 Å². The van der Waals surface area contributed by atoms with Crippen LogP contribution in [0.25, 0.3) is 0 Å². The largest absolute Gasteiger partial charge is 0.377 e. The molecule has 1 saturated heterocycles. The Morgan fingerprint density at radius 2 is 2.21 bits per heavy atom. The van der Waals surface area contributed by atoms with Crippen molar-refractivity contribution < 1.29 is 9.13 Å². The van der Waals surface area contributed by atoms with Crippen molar-refractivity contribution in [1.82, 2.24) is 0 Å².